The van der Waals surface area contributed by atoms with Crippen molar-refractivity contribution in [1.82, 2.24) is 0 Å². The molecule has 0 bridgehead atoms. The van der Waals surface area contributed by atoms with Crippen LogP contribution in [0, 0.1) is 10.8 Å². The van der Waals surface area contributed by atoms with Gasteiger partial charge in [-0.2, -0.15) is 0 Å². The molecule has 3 aliphatic heterocycles. The Kier molecular flexibility index (Phi) is 1.22. The van der Waals surface area contributed by atoms with Crippen LogP contribution in [0.4, 0.5) is 0 Å². The predicted octanol–water partition coefficient (Wildman–Crippen LogP) is 0.165. The number of fused-ring (bicyclic) bond motifs is 3. The fourth-order valence-electron chi connectivity index (χ4n) is 4.65. The number of hydrogen-bond donors (Lipinski definition) is 0. The van der Waals surface area contributed by atoms with Crippen LogP contribution in [0.15, 0.2) is 0 Å². The summed E-state index contributed by atoms with van der Waals surface area (Å²) in [5.41, 5.74) is -1.44. The van der Waals surface area contributed by atoms with Crippen molar-refractivity contribution in [2.24, 2.45) is 10.8 Å². The van der Waals surface area contributed by atoms with Crippen LogP contribution in [-0.4, -0.2) is 36.4 Å². The summed E-state index contributed by atoms with van der Waals surface area (Å²) in [5.74, 6) is -0.715. The zero-order valence-electron chi connectivity index (χ0n) is 9.18. The smallest absolute Gasteiger partial charge is 0.323 e. The molecule has 5 nitrogen and oxygen atoms in total. The van der Waals surface area contributed by atoms with Gasteiger partial charge in [-0.25, -0.2) is 0 Å². The van der Waals surface area contributed by atoms with E-state index in [1.807, 2.05) is 0 Å². The molecule has 0 unspecified atom stereocenters. The number of hydrogen-bond acceptors (Lipinski definition) is 5. The average Bonchev–Trinajstić information content (AvgIpc) is 3.19. The second-order valence-corrected chi connectivity index (χ2v) is 5.87. The Morgan fingerprint density at radius 1 is 0.882 bits per heavy atom. The van der Waals surface area contributed by atoms with Gasteiger partial charge in [-0.3, -0.25) is 9.59 Å². The molecule has 90 valence electrons. The number of epoxide rings is 2. The van der Waals surface area contributed by atoms with Crippen molar-refractivity contribution in [2.75, 3.05) is 0 Å². The maximum absolute atomic E-state index is 12.2. The molecular weight excluding hydrogens is 224 g/mol. The summed E-state index contributed by atoms with van der Waals surface area (Å²) in [4.78, 5) is 24.4. The molecule has 0 aromatic rings. The lowest BCUT2D eigenvalue weighted by Crippen LogP contribution is -2.57. The van der Waals surface area contributed by atoms with Crippen LogP contribution in [0.2, 0.25) is 0 Å². The minimum absolute atomic E-state index is 0.0321. The van der Waals surface area contributed by atoms with Gasteiger partial charge in [-0.15, -0.1) is 0 Å². The third kappa shape index (κ3) is 0.689. The van der Waals surface area contributed by atoms with Crippen molar-refractivity contribution in [3.63, 3.8) is 0 Å². The Morgan fingerprint density at radius 2 is 1.35 bits per heavy atom. The highest BCUT2D eigenvalue weighted by atomic mass is 16.7. The first kappa shape index (κ1) is 9.05. The molecule has 5 rings (SSSR count). The fraction of sp³-hybridized carbons (Fsp3) is 0.833. The minimum atomic E-state index is -0.718. The summed E-state index contributed by atoms with van der Waals surface area (Å²) >= 11 is 0. The largest absolute Gasteiger partial charge is 0.392 e. The first-order chi connectivity index (χ1) is 8.22. The van der Waals surface area contributed by atoms with Crippen LogP contribution in [0.1, 0.15) is 25.7 Å². The first-order valence-corrected chi connectivity index (χ1v) is 6.29. The van der Waals surface area contributed by atoms with Gasteiger partial charge >= 0.3 is 11.9 Å². The Hall–Kier alpha value is -0.940. The van der Waals surface area contributed by atoms with E-state index in [-0.39, 0.29) is 36.4 Å². The van der Waals surface area contributed by atoms with E-state index < -0.39 is 10.8 Å². The lowest BCUT2D eigenvalue weighted by Gasteiger charge is -2.43. The van der Waals surface area contributed by atoms with E-state index in [2.05, 4.69) is 0 Å². The van der Waals surface area contributed by atoms with Gasteiger partial charge in [0.1, 0.15) is 35.2 Å². The van der Waals surface area contributed by atoms with Gasteiger partial charge in [0.05, 0.1) is 0 Å². The van der Waals surface area contributed by atoms with Gasteiger partial charge < -0.3 is 14.2 Å². The van der Waals surface area contributed by atoms with Gasteiger partial charge in [-0.1, -0.05) is 12.8 Å². The molecular formula is C12H12O5. The molecule has 2 aliphatic carbocycles. The average molecular weight is 236 g/mol. The van der Waals surface area contributed by atoms with E-state index in [4.69, 9.17) is 14.2 Å². The zero-order chi connectivity index (χ0) is 11.4. The van der Waals surface area contributed by atoms with Crippen molar-refractivity contribution in [3.8, 4) is 0 Å². The van der Waals surface area contributed by atoms with Crippen molar-refractivity contribution in [2.45, 2.75) is 50.1 Å². The standard InChI is InChI=1S/C12H12O5/c13-9-11-3-1-2-4-12(11,10(14)17-9)8-6(16-8)5-7(11)15-5/h5-8H,1-4H2/t5-,6+,7-,8+,11+,12-. The highest BCUT2D eigenvalue weighted by Gasteiger charge is 2.88. The summed E-state index contributed by atoms with van der Waals surface area (Å²) in [7, 11) is 0. The van der Waals surface area contributed by atoms with E-state index in [9.17, 15) is 9.59 Å². The van der Waals surface area contributed by atoms with Crippen molar-refractivity contribution >= 4 is 11.9 Å². The molecule has 5 heteroatoms. The Balaban J connectivity index is 1.79. The molecule has 0 aromatic carbocycles. The molecule has 0 aromatic heterocycles. The van der Waals surface area contributed by atoms with Gasteiger partial charge in [0.2, 0.25) is 0 Å². The molecule has 2 saturated carbocycles. The highest BCUT2D eigenvalue weighted by molar-refractivity contribution is 6.04. The molecule has 0 spiro atoms. The van der Waals surface area contributed by atoms with Crippen LogP contribution in [0.3, 0.4) is 0 Å². The fourth-order valence-corrected chi connectivity index (χ4v) is 4.65. The SMILES string of the molecule is O=C1OC(=O)[C@@]23CCCC[C@@]12[C@H]1O[C@H]1[C@H]1O[C@H]13. The lowest BCUT2D eigenvalue weighted by atomic mass is 9.51. The quantitative estimate of drug-likeness (QED) is 0.340. The summed E-state index contributed by atoms with van der Waals surface area (Å²) in [6.45, 7) is 0. The van der Waals surface area contributed by atoms with Crippen LogP contribution in [0.25, 0.3) is 0 Å². The van der Waals surface area contributed by atoms with Gasteiger partial charge in [0.15, 0.2) is 0 Å². The number of cyclic esters (lactones) is 2. The zero-order valence-corrected chi connectivity index (χ0v) is 9.18. The van der Waals surface area contributed by atoms with Crippen LogP contribution < -0.4 is 0 Å². The molecule has 5 aliphatic rings. The van der Waals surface area contributed by atoms with Crippen molar-refractivity contribution in [1.29, 1.82) is 0 Å². The Morgan fingerprint density at radius 3 is 1.82 bits per heavy atom. The molecule has 3 heterocycles. The first-order valence-electron chi connectivity index (χ1n) is 6.29. The number of carbonyl (C=O) groups excluding carboxylic acids is 2. The number of carbonyl (C=O) groups is 2. The van der Waals surface area contributed by atoms with Gasteiger partial charge in [-0.05, 0) is 12.8 Å². The van der Waals surface area contributed by atoms with Crippen LogP contribution in [0.5, 0.6) is 0 Å². The van der Waals surface area contributed by atoms with Gasteiger partial charge in [0, 0.05) is 0 Å². The van der Waals surface area contributed by atoms with E-state index in [1.54, 1.807) is 0 Å². The summed E-state index contributed by atoms with van der Waals surface area (Å²) in [5, 5.41) is 0. The Labute approximate surface area is 97.4 Å². The summed E-state index contributed by atoms with van der Waals surface area (Å²) in [6, 6.07) is 0. The third-order valence-corrected chi connectivity index (χ3v) is 5.45. The van der Waals surface area contributed by atoms with Crippen LogP contribution in [-0.2, 0) is 23.8 Å². The number of esters is 2. The summed E-state index contributed by atoms with van der Waals surface area (Å²) in [6.07, 6.45) is 3.16. The van der Waals surface area contributed by atoms with Crippen LogP contribution >= 0.6 is 0 Å². The highest BCUT2D eigenvalue weighted by Crippen LogP contribution is 2.73. The molecule has 5 fully saturated rings. The molecule has 3 saturated heterocycles. The predicted molar refractivity (Wildman–Crippen MR) is 51.8 cm³/mol. The van der Waals surface area contributed by atoms with Crippen molar-refractivity contribution < 1.29 is 23.8 Å². The second kappa shape index (κ2) is 2.29. The maximum Gasteiger partial charge on any atom is 0.323 e. The number of ether oxygens (including phenoxy) is 3. The van der Waals surface area contributed by atoms with E-state index in [0.29, 0.717) is 12.8 Å². The third-order valence-electron chi connectivity index (χ3n) is 5.45. The molecule has 0 amide bonds. The van der Waals surface area contributed by atoms with E-state index in [1.165, 1.54) is 0 Å². The van der Waals surface area contributed by atoms with E-state index in [0.717, 1.165) is 12.8 Å². The van der Waals surface area contributed by atoms with E-state index >= 15 is 0 Å². The molecule has 6 atom stereocenters. The maximum atomic E-state index is 12.2. The van der Waals surface area contributed by atoms with Gasteiger partial charge in [0.25, 0.3) is 0 Å². The van der Waals surface area contributed by atoms with Crippen molar-refractivity contribution in [3.05, 3.63) is 0 Å². The number of rotatable bonds is 0. The molecule has 0 radical (unpaired) electrons. The normalized spacial score (nSPS) is 61.9. The Bertz CT molecular complexity index is 432. The molecule has 0 N–H and O–H groups in total. The lowest BCUT2D eigenvalue weighted by molar-refractivity contribution is -0.156. The second-order valence-electron chi connectivity index (χ2n) is 5.87. The summed E-state index contributed by atoms with van der Waals surface area (Å²) < 4.78 is 16.3. The molecule has 17 heavy (non-hydrogen) atoms. The minimum Gasteiger partial charge on any atom is -0.392 e. The topological polar surface area (TPSA) is 68.4 Å². The monoisotopic (exact) mass is 236 g/mol.